The topological polar surface area (TPSA) is 91.0 Å². The second kappa shape index (κ2) is 8.06. The Labute approximate surface area is 194 Å². The van der Waals surface area contributed by atoms with Crippen LogP contribution in [0.5, 0.6) is 0 Å². The smallest absolute Gasteiger partial charge is 0.272 e. The van der Waals surface area contributed by atoms with E-state index in [1.165, 1.54) is 6.07 Å². The summed E-state index contributed by atoms with van der Waals surface area (Å²) in [5, 5.41) is 11.4. The number of aromatic nitrogens is 3. The van der Waals surface area contributed by atoms with Gasteiger partial charge in [-0.05, 0) is 48.2 Å². The average Bonchev–Trinajstić information content (AvgIpc) is 3.56. The Morgan fingerprint density at radius 1 is 1.09 bits per heavy atom. The molecule has 2 N–H and O–H groups in total. The Hall–Kier alpha value is -4.07. The number of anilines is 1. The second-order valence-corrected chi connectivity index (χ2v) is 8.92. The molecule has 34 heavy (non-hydrogen) atoms. The molecule has 0 radical (unpaired) electrons. The van der Waals surface area contributed by atoms with Crippen LogP contribution in [0.15, 0.2) is 59.4 Å². The standard InChI is InChI=1S/C26H22FN5O2/c27-21-9-5-15(12-22-18-3-1-2-4-19(18)25(33)31-30-22)11-20(21)26(34)32-13-16-6-10-24(28-17-7-8-17)29-23(16)14-32/h1-6,9-11,17H,7-8,12-14H2,(H,28,29)(H,31,33). The van der Waals surface area contributed by atoms with E-state index in [4.69, 9.17) is 0 Å². The minimum absolute atomic E-state index is 0.0235. The maximum Gasteiger partial charge on any atom is 0.272 e. The lowest BCUT2D eigenvalue weighted by atomic mass is 10.0. The number of benzene rings is 2. The quantitative estimate of drug-likeness (QED) is 0.478. The molecule has 1 fully saturated rings. The van der Waals surface area contributed by atoms with E-state index < -0.39 is 5.82 Å². The number of H-pyrrole nitrogens is 1. The zero-order valence-electron chi connectivity index (χ0n) is 18.3. The number of rotatable bonds is 5. The summed E-state index contributed by atoms with van der Waals surface area (Å²) in [5.74, 6) is -0.106. The zero-order chi connectivity index (χ0) is 23.2. The van der Waals surface area contributed by atoms with Crippen LogP contribution in [0.3, 0.4) is 0 Å². The van der Waals surface area contributed by atoms with E-state index in [9.17, 15) is 14.0 Å². The third kappa shape index (κ3) is 3.81. The van der Waals surface area contributed by atoms with Gasteiger partial charge in [0.25, 0.3) is 11.5 Å². The van der Waals surface area contributed by atoms with Gasteiger partial charge in [-0.3, -0.25) is 9.59 Å². The van der Waals surface area contributed by atoms with Gasteiger partial charge in [0, 0.05) is 24.4 Å². The molecule has 6 rings (SSSR count). The van der Waals surface area contributed by atoms with E-state index in [0.29, 0.717) is 36.6 Å². The van der Waals surface area contributed by atoms with Crippen molar-refractivity contribution in [2.75, 3.05) is 5.32 Å². The van der Waals surface area contributed by atoms with Crippen molar-refractivity contribution in [3.8, 4) is 0 Å². The molecule has 0 bridgehead atoms. The van der Waals surface area contributed by atoms with Gasteiger partial charge in [-0.2, -0.15) is 5.10 Å². The van der Waals surface area contributed by atoms with Crippen LogP contribution >= 0.6 is 0 Å². The molecule has 4 aromatic rings. The third-order valence-electron chi connectivity index (χ3n) is 6.39. The number of pyridine rings is 1. The summed E-state index contributed by atoms with van der Waals surface area (Å²) < 4.78 is 14.7. The minimum atomic E-state index is -0.562. The molecule has 8 heteroatoms. The van der Waals surface area contributed by atoms with E-state index in [0.717, 1.165) is 40.9 Å². The van der Waals surface area contributed by atoms with Crippen LogP contribution in [-0.4, -0.2) is 32.0 Å². The van der Waals surface area contributed by atoms with Crippen LogP contribution in [-0.2, 0) is 19.5 Å². The van der Waals surface area contributed by atoms with E-state index in [2.05, 4.69) is 20.5 Å². The van der Waals surface area contributed by atoms with Crippen LogP contribution in [0.4, 0.5) is 10.2 Å². The number of carbonyl (C=O) groups is 1. The SMILES string of the molecule is O=C(c1cc(Cc2n[nH]c(=O)c3ccccc23)ccc1F)N1Cc2ccc(NC3CC3)nc2C1. The van der Waals surface area contributed by atoms with E-state index in [1.54, 1.807) is 29.2 Å². The molecule has 0 atom stereocenters. The minimum Gasteiger partial charge on any atom is -0.367 e. The summed E-state index contributed by atoms with van der Waals surface area (Å²) in [6, 6.07) is 16.2. The summed E-state index contributed by atoms with van der Waals surface area (Å²) in [4.78, 5) is 31.6. The molecular weight excluding hydrogens is 433 g/mol. The molecule has 7 nitrogen and oxygen atoms in total. The summed E-state index contributed by atoms with van der Waals surface area (Å²) >= 11 is 0. The molecule has 3 heterocycles. The molecule has 1 aliphatic carbocycles. The van der Waals surface area contributed by atoms with Crippen molar-refractivity contribution in [2.24, 2.45) is 0 Å². The Kier molecular flexibility index (Phi) is 4.86. The predicted octanol–water partition coefficient (Wildman–Crippen LogP) is 3.78. The van der Waals surface area contributed by atoms with Crippen LogP contribution in [0.25, 0.3) is 10.8 Å². The number of aromatic amines is 1. The van der Waals surface area contributed by atoms with Gasteiger partial charge in [-0.1, -0.05) is 30.3 Å². The fourth-order valence-electron chi connectivity index (χ4n) is 4.43. The Morgan fingerprint density at radius 2 is 1.91 bits per heavy atom. The molecule has 1 amide bonds. The third-order valence-corrected chi connectivity index (χ3v) is 6.39. The highest BCUT2D eigenvalue weighted by Gasteiger charge is 2.28. The first-order chi connectivity index (χ1) is 16.5. The van der Waals surface area contributed by atoms with Crippen molar-refractivity contribution < 1.29 is 9.18 Å². The van der Waals surface area contributed by atoms with Crippen molar-refractivity contribution in [1.82, 2.24) is 20.1 Å². The van der Waals surface area contributed by atoms with Crippen molar-refractivity contribution in [3.05, 3.63) is 98.8 Å². The molecule has 2 aliphatic rings. The molecule has 2 aromatic heterocycles. The van der Waals surface area contributed by atoms with Crippen molar-refractivity contribution in [2.45, 2.75) is 38.4 Å². The summed E-state index contributed by atoms with van der Waals surface area (Å²) in [5.41, 5.74) is 2.99. The largest absolute Gasteiger partial charge is 0.367 e. The zero-order valence-corrected chi connectivity index (χ0v) is 18.3. The van der Waals surface area contributed by atoms with Gasteiger partial charge in [0.05, 0.1) is 28.9 Å². The van der Waals surface area contributed by atoms with Crippen molar-refractivity contribution in [1.29, 1.82) is 0 Å². The molecule has 2 aromatic carbocycles. The first kappa shape index (κ1) is 20.5. The molecule has 0 spiro atoms. The summed E-state index contributed by atoms with van der Waals surface area (Å²) in [7, 11) is 0. The molecule has 1 aliphatic heterocycles. The molecule has 0 unspecified atom stereocenters. The molecular formula is C26H22FN5O2. The number of nitrogens with zero attached hydrogens (tertiary/aromatic N) is 3. The Morgan fingerprint density at radius 3 is 2.74 bits per heavy atom. The van der Waals surface area contributed by atoms with E-state index in [1.807, 2.05) is 24.3 Å². The van der Waals surface area contributed by atoms with Gasteiger partial charge < -0.3 is 10.2 Å². The molecule has 170 valence electrons. The van der Waals surface area contributed by atoms with Gasteiger partial charge in [-0.15, -0.1) is 0 Å². The molecule has 1 saturated carbocycles. The van der Waals surface area contributed by atoms with E-state index in [-0.39, 0.29) is 17.0 Å². The molecule has 0 saturated heterocycles. The highest BCUT2D eigenvalue weighted by molar-refractivity contribution is 5.95. The maximum absolute atomic E-state index is 14.7. The lowest BCUT2D eigenvalue weighted by Crippen LogP contribution is -2.26. The van der Waals surface area contributed by atoms with Gasteiger partial charge in [-0.25, -0.2) is 14.5 Å². The fraction of sp³-hybridized carbons (Fsp3) is 0.231. The van der Waals surface area contributed by atoms with Gasteiger partial charge >= 0.3 is 0 Å². The van der Waals surface area contributed by atoms with Gasteiger partial charge in [0.15, 0.2) is 0 Å². The fourth-order valence-corrected chi connectivity index (χ4v) is 4.43. The Balaban J connectivity index is 1.25. The van der Waals surface area contributed by atoms with Crippen LogP contribution in [0.2, 0.25) is 0 Å². The lowest BCUT2D eigenvalue weighted by molar-refractivity contribution is 0.0745. The van der Waals surface area contributed by atoms with Gasteiger partial charge in [0.1, 0.15) is 11.6 Å². The van der Waals surface area contributed by atoms with E-state index >= 15 is 0 Å². The number of halogens is 1. The monoisotopic (exact) mass is 455 g/mol. The van der Waals surface area contributed by atoms with Crippen LogP contribution < -0.4 is 10.9 Å². The summed E-state index contributed by atoms with van der Waals surface area (Å²) in [6.07, 6.45) is 2.67. The second-order valence-electron chi connectivity index (χ2n) is 8.92. The Bertz CT molecular complexity index is 1490. The lowest BCUT2D eigenvalue weighted by Gasteiger charge is -2.16. The number of amides is 1. The number of carbonyl (C=O) groups excluding carboxylic acids is 1. The van der Waals surface area contributed by atoms with Crippen molar-refractivity contribution in [3.63, 3.8) is 0 Å². The van der Waals surface area contributed by atoms with Crippen LogP contribution in [0, 0.1) is 5.82 Å². The predicted molar refractivity (Wildman–Crippen MR) is 126 cm³/mol. The first-order valence-corrected chi connectivity index (χ1v) is 11.3. The normalized spacial score (nSPS) is 14.9. The van der Waals surface area contributed by atoms with Gasteiger partial charge in [0.2, 0.25) is 0 Å². The van der Waals surface area contributed by atoms with Crippen LogP contribution in [0.1, 0.15) is 45.7 Å². The highest BCUT2D eigenvalue weighted by atomic mass is 19.1. The first-order valence-electron chi connectivity index (χ1n) is 11.3. The average molecular weight is 455 g/mol. The maximum atomic E-state index is 14.7. The highest BCUT2D eigenvalue weighted by Crippen LogP contribution is 2.28. The van der Waals surface area contributed by atoms with Crippen molar-refractivity contribution >= 4 is 22.5 Å². The number of hydrogen-bond acceptors (Lipinski definition) is 5. The number of fused-ring (bicyclic) bond motifs is 2. The number of hydrogen-bond donors (Lipinski definition) is 2. The number of nitrogens with one attached hydrogen (secondary N) is 2. The summed E-state index contributed by atoms with van der Waals surface area (Å²) in [6.45, 7) is 0.755.